The van der Waals surface area contributed by atoms with Gasteiger partial charge in [0.1, 0.15) is 0 Å². The van der Waals surface area contributed by atoms with Crippen molar-refractivity contribution < 1.29 is 13.6 Å². The second-order valence-electron chi connectivity index (χ2n) is 10.5. The Bertz CT molecular complexity index is 1190. The molecule has 3 aromatic rings. The fourth-order valence-electron chi connectivity index (χ4n) is 5.56. The lowest BCUT2D eigenvalue weighted by atomic mass is 9.78. The van der Waals surface area contributed by atoms with E-state index in [2.05, 4.69) is 20.2 Å². The predicted molar refractivity (Wildman–Crippen MR) is 141 cm³/mol. The van der Waals surface area contributed by atoms with Gasteiger partial charge in [-0.3, -0.25) is 14.7 Å². The maximum Gasteiger partial charge on any atom is 0.262 e. The number of nitrogens with zero attached hydrogens (tertiary/aromatic N) is 3. The van der Waals surface area contributed by atoms with Crippen LogP contribution in [-0.2, 0) is 13.0 Å². The van der Waals surface area contributed by atoms with E-state index in [0.717, 1.165) is 68.0 Å². The van der Waals surface area contributed by atoms with Gasteiger partial charge in [-0.25, -0.2) is 13.8 Å². The number of pyridine rings is 1. The van der Waals surface area contributed by atoms with Crippen LogP contribution in [0.3, 0.4) is 0 Å². The van der Waals surface area contributed by atoms with Gasteiger partial charge in [0.15, 0.2) is 10.9 Å². The van der Waals surface area contributed by atoms with E-state index in [9.17, 15) is 13.6 Å². The first-order valence-corrected chi connectivity index (χ1v) is 13.9. The number of carbonyl (C=O) groups is 1. The Labute approximate surface area is 215 Å². The number of halogens is 2. The molecule has 2 aromatic heterocycles. The van der Waals surface area contributed by atoms with Gasteiger partial charge in [0.05, 0.1) is 17.8 Å². The van der Waals surface area contributed by atoms with E-state index in [1.54, 1.807) is 6.20 Å². The lowest BCUT2D eigenvalue weighted by Crippen LogP contribution is -2.32. The second kappa shape index (κ2) is 10.9. The van der Waals surface area contributed by atoms with Crippen LogP contribution >= 0.6 is 11.3 Å². The van der Waals surface area contributed by atoms with Crippen LogP contribution in [0.15, 0.2) is 36.5 Å². The molecule has 1 aliphatic carbocycles. The Morgan fingerprint density at radius 1 is 1.17 bits per heavy atom. The summed E-state index contributed by atoms with van der Waals surface area (Å²) in [5.74, 6) is -1.33. The molecule has 0 saturated heterocycles. The van der Waals surface area contributed by atoms with Crippen molar-refractivity contribution in [3.63, 3.8) is 0 Å². The van der Waals surface area contributed by atoms with Gasteiger partial charge in [-0.1, -0.05) is 31.0 Å². The zero-order valence-electron chi connectivity index (χ0n) is 20.8. The maximum absolute atomic E-state index is 13.1. The van der Waals surface area contributed by atoms with Crippen molar-refractivity contribution in [2.24, 2.45) is 11.8 Å². The lowest BCUT2D eigenvalue weighted by molar-refractivity contribution is 0.0367. The summed E-state index contributed by atoms with van der Waals surface area (Å²) >= 11 is 1.51. The van der Waals surface area contributed by atoms with Crippen molar-refractivity contribution in [2.45, 2.75) is 64.3 Å². The Hall–Kier alpha value is -2.45. The lowest BCUT2D eigenvalue weighted by Gasteiger charge is -2.31. The van der Waals surface area contributed by atoms with Gasteiger partial charge in [-0.2, -0.15) is 0 Å². The number of aromatic nitrogens is 2. The van der Waals surface area contributed by atoms with Crippen molar-refractivity contribution in [3.8, 4) is 0 Å². The molecule has 0 radical (unpaired) electrons. The number of fused-ring (bicyclic) bond motifs is 2. The minimum atomic E-state index is -2.74. The molecular weight excluding hydrogens is 478 g/mol. The van der Waals surface area contributed by atoms with Gasteiger partial charge < -0.3 is 5.32 Å². The molecule has 0 amide bonds. The van der Waals surface area contributed by atoms with Gasteiger partial charge in [0.2, 0.25) is 0 Å². The van der Waals surface area contributed by atoms with E-state index in [1.165, 1.54) is 35.5 Å². The summed E-state index contributed by atoms with van der Waals surface area (Å²) < 4.78 is 26.3. The summed E-state index contributed by atoms with van der Waals surface area (Å²) in [6, 6.07) is 9.70. The molecule has 5 rings (SSSR count). The topological polar surface area (TPSA) is 58.1 Å². The average molecular weight is 513 g/mol. The molecule has 1 saturated carbocycles. The summed E-state index contributed by atoms with van der Waals surface area (Å²) in [4.78, 5) is 25.7. The number of carbonyl (C=O) groups excluding carboxylic acids is 1. The van der Waals surface area contributed by atoms with Crippen molar-refractivity contribution >= 4 is 33.2 Å². The first-order valence-electron chi connectivity index (χ1n) is 13.0. The zero-order valence-corrected chi connectivity index (χ0v) is 21.6. The number of Topliss-reactive ketones (excluding diaryl/α,β-unsaturated/α-hetero) is 1. The summed E-state index contributed by atoms with van der Waals surface area (Å²) in [6.07, 6.45) is 9.11. The smallest absolute Gasteiger partial charge is 0.262 e. The van der Waals surface area contributed by atoms with Crippen molar-refractivity contribution in [3.05, 3.63) is 52.7 Å². The Morgan fingerprint density at radius 3 is 2.78 bits per heavy atom. The van der Waals surface area contributed by atoms with Gasteiger partial charge in [-0.15, -0.1) is 11.3 Å². The molecule has 2 aliphatic rings. The van der Waals surface area contributed by atoms with E-state index in [1.807, 2.05) is 30.3 Å². The Morgan fingerprint density at radius 2 is 1.97 bits per heavy atom. The summed E-state index contributed by atoms with van der Waals surface area (Å²) in [7, 11) is 0. The van der Waals surface area contributed by atoms with Gasteiger partial charge in [0, 0.05) is 48.5 Å². The molecular formula is C28H34F2N4OS. The minimum Gasteiger partial charge on any atom is -0.355 e. The highest BCUT2D eigenvalue weighted by Gasteiger charge is 2.27. The molecule has 8 heteroatoms. The Kier molecular flexibility index (Phi) is 7.62. The zero-order chi connectivity index (χ0) is 25.1. The second-order valence-corrected chi connectivity index (χ2v) is 11.6. The monoisotopic (exact) mass is 512 g/mol. The van der Waals surface area contributed by atoms with Gasteiger partial charge in [0.25, 0.3) is 5.92 Å². The van der Waals surface area contributed by atoms with Crippen LogP contribution in [0.1, 0.15) is 66.4 Å². The minimum absolute atomic E-state index is 0.237. The van der Waals surface area contributed by atoms with Gasteiger partial charge in [-0.05, 0) is 56.2 Å². The van der Waals surface area contributed by atoms with Crippen LogP contribution in [-0.4, -0.2) is 46.2 Å². The van der Waals surface area contributed by atoms with E-state index < -0.39 is 5.92 Å². The number of nitrogens with one attached hydrogen (secondary N) is 1. The highest BCUT2D eigenvalue weighted by Crippen LogP contribution is 2.35. The molecule has 0 bridgehead atoms. The molecule has 5 nitrogen and oxygen atoms in total. The highest BCUT2D eigenvalue weighted by atomic mass is 32.1. The number of anilines is 1. The van der Waals surface area contributed by atoms with Crippen LogP contribution in [0, 0.1) is 11.8 Å². The number of ketones is 1. The molecule has 192 valence electrons. The third-order valence-corrected chi connectivity index (χ3v) is 8.71. The van der Waals surface area contributed by atoms with Crippen molar-refractivity contribution in [1.82, 2.24) is 14.9 Å². The van der Waals surface area contributed by atoms with E-state index >= 15 is 0 Å². The fourth-order valence-corrected chi connectivity index (χ4v) is 6.51. The third-order valence-electron chi connectivity index (χ3n) is 7.60. The molecule has 1 fully saturated rings. The van der Waals surface area contributed by atoms with Crippen LogP contribution in [0.5, 0.6) is 0 Å². The molecule has 0 unspecified atom stereocenters. The number of hydrogen-bond donors (Lipinski definition) is 1. The van der Waals surface area contributed by atoms with Crippen molar-refractivity contribution in [1.29, 1.82) is 0 Å². The first kappa shape index (κ1) is 25.2. The first-order chi connectivity index (χ1) is 17.3. The van der Waals surface area contributed by atoms with Crippen LogP contribution in [0.4, 0.5) is 13.9 Å². The van der Waals surface area contributed by atoms with E-state index in [4.69, 9.17) is 0 Å². The molecule has 1 N–H and O–H groups in total. The Balaban J connectivity index is 1.06. The normalized spacial score (nSPS) is 20.9. The summed E-state index contributed by atoms with van der Waals surface area (Å²) in [5.41, 5.74) is 2.72. The average Bonchev–Trinajstić information content (AvgIpc) is 3.29. The molecule has 1 aromatic carbocycles. The quantitative estimate of drug-likeness (QED) is 0.328. The largest absolute Gasteiger partial charge is 0.355 e. The summed E-state index contributed by atoms with van der Waals surface area (Å²) in [6.45, 7) is 3.39. The number of hydrogen-bond acceptors (Lipinski definition) is 6. The molecule has 3 heterocycles. The number of alkyl halides is 2. The van der Waals surface area contributed by atoms with Crippen LogP contribution < -0.4 is 5.32 Å². The van der Waals surface area contributed by atoms with Crippen molar-refractivity contribution in [2.75, 3.05) is 25.0 Å². The predicted octanol–water partition coefficient (Wildman–Crippen LogP) is 6.59. The van der Waals surface area contributed by atoms with Crippen LogP contribution in [0.25, 0.3) is 10.9 Å². The maximum atomic E-state index is 13.1. The van der Waals surface area contributed by atoms with Crippen LogP contribution in [0.2, 0.25) is 0 Å². The molecule has 36 heavy (non-hydrogen) atoms. The number of benzene rings is 1. The number of thiazole rings is 1. The van der Waals surface area contributed by atoms with Gasteiger partial charge >= 0.3 is 0 Å². The molecule has 0 atom stereocenters. The number of rotatable bonds is 9. The summed E-state index contributed by atoms with van der Waals surface area (Å²) in [5, 5.41) is 4.35. The molecule has 0 spiro atoms. The third kappa shape index (κ3) is 6.27. The molecule has 1 aliphatic heterocycles. The highest BCUT2D eigenvalue weighted by molar-refractivity contribution is 7.15. The van der Waals surface area contributed by atoms with E-state index in [-0.39, 0.29) is 12.3 Å². The SMILES string of the molecule is CC(F)(F)CNc1nc2c(s1)CCN(CCC1CCC(CC(=O)c3cccc4ncccc34)CC1)C2. The van der Waals surface area contributed by atoms with E-state index in [0.29, 0.717) is 23.4 Å². The standard InChI is InChI=1S/C28H34F2N4OS/c1-28(29,30)18-32-27-33-24-17-34(15-12-26(24)36-27)14-11-19-7-9-20(10-8-19)16-25(35)22-4-2-6-23-21(22)5-3-13-31-23/h2-6,13,19-20H,7-12,14-18H2,1H3,(H,32,33). The fraction of sp³-hybridized carbons (Fsp3) is 0.536.